The molecule has 0 radical (unpaired) electrons. The van der Waals surface area contributed by atoms with Crippen LogP contribution in [0.3, 0.4) is 0 Å². The Morgan fingerprint density at radius 3 is 1.79 bits per heavy atom. The van der Waals surface area contributed by atoms with Crippen molar-refractivity contribution in [2.45, 2.75) is 90.6 Å². The molecule has 0 bridgehead atoms. The molecule has 1 heterocycles. The predicted octanol–water partition coefficient (Wildman–Crippen LogP) is 6.76. The zero-order valence-electron chi connectivity index (χ0n) is 26.8. The van der Waals surface area contributed by atoms with Gasteiger partial charge in [0.25, 0.3) is 8.32 Å². The van der Waals surface area contributed by atoms with E-state index in [9.17, 15) is 4.79 Å². The maximum atomic E-state index is 12.8. The van der Waals surface area contributed by atoms with E-state index in [4.69, 9.17) is 9.16 Å². The smallest absolute Gasteiger partial charge is 0.408 e. The van der Waals surface area contributed by atoms with Crippen LogP contribution in [0.1, 0.15) is 67.4 Å². The molecule has 0 aromatic heterocycles. The van der Waals surface area contributed by atoms with Crippen LogP contribution in [0.4, 0.5) is 4.79 Å². The molecule has 226 valence electrons. The quantitative estimate of drug-likeness (QED) is 0.282. The molecular formula is C36H50N2O3Si. The minimum atomic E-state index is -2.68. The summed E-state index contributed by atoms with van der Waals surface area (Å²) in [7, 11) is -2.68. The molecule has 42 heavy (non-hydrogen) atoms. The van der Waals surface area contributed by atoms with E-state index in [0.29, 0.717) is 6.61 Å². The van der Waals surface area contributed by atoms with Gasteiger partial charge in [0.2, 0.25) is 0 Å². The normalized spacial score (nSPS) is 18.6. The summed E-state index contributed by atoms with van der Waals surface area (Å²) < 4.78 is 13.0. The average Bonchev–Trinajstić information content (AvgIpc) is 3.32. The van der Waals surface area contributed by atoms with Crippen LogP contribution in [-0.2, 0) is 15.7 Å². The summed E-state index contributed by atoms with van der Waals surface area (Å²) in [5, 5.41) is 5.68. The summed E-state index contributed by atoms with van der Waals surface area (Å²) >= 11 is 0. The minimum Gasteiger partial charge on any atom is -0.444 e. The highest BCUT2D eigenvalue weighted by atomic mass is 28.4. The first kappa shape index (κ1) is 32.0. The zero-order chi connectivity index (χ0) is 30.6. The Bertz CT molecular complexity index is 1240. The second kappa shape index (κ2) is 12.7. The van der Waals surface area contributed by atoms with E-state index in [1.54, 1.807) is 0 Å². The standard InChI is InChI=1S/C36H50N2O3Si/c1-34(2,3)41-33(39)37-36(7,8)29-24-30(38(26-29)25-28-18-12-9-13-19-28)27-40-42(35(4,5)6,31-20-14-10-15-21-31)32-22-16-11-17-23-32/h9-23,29-30H,24-27H2,1-8H3,(H,37,39)/t29?,30-/m0/s1. The van der Waals surface area contributed by atoms with Gasteiger partial charge in [-0.3, -0.25) is 4.90 Å². The number of alkyl carbamates (subject to hydrolysis) is 1. The van der Waals surface area contributed by atoms with Crippen LogP contribution in [0.2, 0.25) is 5.04 Å². The van der Waals surface area contributed by atoms with Crippen LogP contribution in [0.25, 0.3) is 0 Å². The molecule has 5 nitrogen and oxygen atoms in total. The second-order valence-electron chi connectivity index (χ2n) is 14.3. The van der Waals surface area contributed by atoms with Gasteiger partial charge in [-0.2, -0.15) is 0 Å². The Morgan fingerprint density at radius 2 is 1.31 bits per heavy atom. The van der Waals surface area contributed by atoms with Crippen molar-refractivity contribution in [3.63, 3.8) is 0 Å². The number of nitrogens with zero attached hydrogens (tertiary/aromatic N) is 1. The van der Waals surface area contributed by atoms with E-state index in [1.807, 2.05) is 20.8 Å². The van der Waals surface area contributed by atoms with Gasteiger partial charge >= 0.3 is 6.09 Å². The summed E-state index contributed by atoms with van der Waals surface area (Å²) in [5.41, 5.74) is 0.302. The van der Waals surface area contributed by atoms with Gasteiger partial charge in [-0.05, 0) is 67.9 Å². The first-order valence-electron chi connectivity index (χ1n) is 15.3. The third kappa shape index (κ3) is 7.52. The molecule has 1 unspecified atom stereocenters. The van der Waals surface area contributed by atoms with Crippen molar-refractivity contribution in [2.75, 3.05) is 13.2 Å². The number of carbonyl (C=O) groups excluding carboxylic acids is 1. The molecule has 0 saturated carbocycles. The summed E-state index contributed by atoms with van der Waals surface area (Å²) in [6, 6.07) is 32.5. The van der Waals surface area contributed by atoms with Gasteiger partial charge < -0.3 is 14.5 Å². The minimum absolute atomic E-state index is 0.0878. The number of benzene rings is 3. The number of nitrogens with one attached hydrogen (secondary N) is 1. The highest BCUT2D eigenvalue weighted by Crippen LogP contribution is 2.39. The van der Waals surface area contributed by atoms with Crippen LogP contribution in [0.15, 0.2) is 91.0 Å². The highest BCUT2D eigenvalue weighted by Gasteiger charge is 2.51. The van der Waals surface area contributed by atoms with Crippen LogP contribution >= 0.6 is 0 Å². The highest BCUT2D eigenvalue weighted by molar-refractivity contribution is 6.99. The largest absolute Gasteiger partial charge is 0.444 e. The topological polar surface area (TPSA) is 50.8 Å². The summed E-state index contributed by atoms with van der Waals surface area (Å²) in [6.07, 6.45) is 0.558. The molecule has 0 aliphatic carbocycles. The van der Waals surface area contributed by atoms with E-state index in [2.05, 4.69) is 136 Å². The Kier molecular flexibility index (Phi) is 9.71. The number of carbonyl (C=O) groups is 1. The fourth-order valence-corrected chi connectivity index (χ4v) is 10.9. The Labute approximate surface area is 254 Å². The number of hydrogen-bond acceptors (Lipinski definition) is 4. The van der Waals surface area contributed by atoms with Crippen molar-refractivity contribution in [1.29, 1.82) is 0 Å². The molecule has 1 N–H and O–H groups in total. The van der Waals surface area contributed by atoms with Gasteiger partial charge in [-0.1, -0.05) is 112 Å². The average molecular weight is 587 g/mol. The van der Waals surface area contributed by atoms with Gasteiger partial charge in [0.1, 0.15) is 5.60 Å². The number of rotatable bonds is 9. The molecule has 2 atom stereocenters. The lowest BCUT2D eigenvalue weighted by atomic mass is 9.85. The molecular weight excluding hydrogens is 536 g/mol. The monoisotopic (exact) mass is 586 g/mol. The molecule has 1 aliphatic rings. The van der Waals surface area contributed by atoms with Gasteiger partial charge in [-0.25, -0.2) is 4.79 Å². The summed E-state index contributed by atoms with van der Waals surface area (Å²) in [5.74, 6) is 0.237. The van der Waals surface area contributed by atoms with Gasteiger partial charge in [0.05, 0.1) is 6.61 Å². The van der Waals surface area contributed by atoms with Crippen LogP contribution in [-0.4, -0.2) is 49.6 Å². The van der Waals surface area contributed by atoms with Gasteiger partial charge in [0, 0.05) is 24.7 Å². The predicted molar refractivity (Wildman–Crippen MR) is 176 cm³/mol. The Hall–Kier alpha value is -2.93. The van der Waals surface area contributed by atoms with E-state index in [-0.39, 0.29) is 23.1 Å². The maximum Gasteiger partial charge on any atom is 0.408 e. The van der Waals surface area contributed by atoms with Crippen molar-refractivity contribution in [2.24, 2.45) is 5.92 Å². The summed E-state index contributed by atoms with van der Waals surface area (Å²) in [4.78, 5) is 15.4. The third-order valence-corrected chi connectivity index (χ3v) is 13.5. The van der Waals surface area contributed by atoms with Gasteiger partial charge in [-0.15, -0.1) is 0 Å². The zero-order valence-corrected chi connectivity index (χ0v) is 27.8. The molecule has 3 aromatic carbocycles. The molecule has 0 spiro atoms. The maximum absolute atomic E-state index is 12.8. The van der Waals surface area contributed by atoms with Crippen LogP contribution in [0, 0.1) is 5.92 Å². The lowest BCUT2D eigenvalue weighted by molar-refractivity contribution is 0.0437. The second-order valence-corrected chi connectivity index (χ2v) is 18.6. The first-order valence-corrected chi connectivity index (χ1v) is 17.2. The molecule has 1 aliphatic heterocycles. The number of likely N-dealkylation sites (tertiary alicyclic amines) is 1. The van der Waals surface area contributed by atoms with Crippen molar-refractivity contribution in [1.82, 2.24) is 10.2 Å². The van der Waals surface area contributed by atoms with E-state index in [1.165, 1.54) is 15.9 Å². The molecule has 1 saturated heterocycles. The first-order chi connectivity index (χ1) is 19.7. The molecule has 1 amide bonds. The van der Waals surface area contributed by atoms with Crippen LogP contribution in [0.5, 0.6) is 0 Å². The fraction of sp³-hybridized carbons (Fsp3) is 0.472. The Balaban J connectivity index is 1.65. The van der Waals surface area contributed by atoms with Crippen LogP contribution < -0.4 is 15.7 Å². The van der Waals surface area contributed by atoms with Crippen molar-refractivity contribution < 1.29 is 14.0 Å². The SMILES string of the molecule is CC(C)(C)OC(=O)NC(C)(C)C1C[C@@H](CO[Si](c2ccccc2)(c2ccccc2)C(C)(C)C)N(Cc2ccccc2)C1. The van der Waals surface area contributed by atoms with E-state index < -0.39 is 19.5 Å². The van der Waals surface area contributed by atoms with E-state index >= 15 is 0 Å². The van der Waals surface area contributed by atoms with Crippen molar-refractivity contribution in [3.8, 4) is 0 Å². The van der Waals surface area contributed by atoms with Gasteiger partial charge in [0.15, 0.2) is 0 Å². The number of amides is 1. The van der Waals surface area contributed by atoms with Crippen molar-refractivity contribution in [3.05, 3.63) is 96.6 Å². The lowest BCUT2D eigenvalue weighted by Crippen LogP contribution is -2.67. The molecule has 6 heteroatoms. The van der Waals surface area contributed by atoms with E-state index in [0.717, 1.165) is 19.5 Å². The third-order valence-electron chi connectivity index (χ3n) is 8.51. The molecule has 1 fully saturated rings. The molecule has 4 rings (SSSR count). The fourth-order valence-electron chi connectivity index (χ4n) is 6.34. The lowest BCUT2D eigenvalue weighted by Gasteiger charge is -2.44. The summed E-state index contributed by atoms with van der Waals surface area (Å²) in [6.45, 7) is 19.2. The number of hydrogen-bond donors (Lipinski definition) is 1. The Morgan fingerprint density at radius 1 is 0.810 bits per heavy atom. The molecule has 3 aromatic rings. The van der Waals surface area contributed by atoms with Crippen molar-refractivity contribution >= 4 is 24.8 Å². The number of ether oxygens (including phenoxy) is 1.